The van der Waals surface area contributed by atoms with Crippen molar-refractivity contribution in [2.24, 2.45) is 0 Å². The molecule has 0 saturated carbocycles. The highest BCUT2D eigenvalue weighted by Crippen LogP contribution is 2.30. The number of nitrogens with one attached hydrogen (secondary N) is 1. The number of hydrogen-bond acceptors (Lipinski definition) is 5. The van der Waals surface area contributed by atoms with Gasteiger partial charge < -0.3 is 15.0 Å². The van der Waals surface area contributed by atoms with Crippen LogP contribution < -0.4 is 10.2 Å². The summed E-state index contributed by atoms with van der Waals surface area (Å²) in [5, 5.41) is 4.13. The number of benzene rings is 2. The fourth-order valence-electron chi connectivity index (χ4n) is 3.35. The van der Waals surface area contributed by atoms with Crippen molar-refractivity contribution in [1.29, 1.82) is 0 Å². The second kappa shape index (κ2) is 8.71. The fourth-order valence-corrected chi connectivity index (χ4v) is 4.41. The molecule has 1 atom stereocenters. The van der Waals surface area contributed by atoms with Crippen LogP contribution in [0.2, 0.25) is 0 Å². The van der Waals surface area contributed by atoms with Crippen molar-refractivity contribution in [3.8, 4) is 0 Å². The Morgan fingerprint density at radius 3 is 2.79 bits per heavy atom. The van der Waals surface area contributed by atoms with Gasteiger partial charge in [0, 0.05) is 24.7 Å². The molecule has 5 nitrogen and oxygen atoms in total. The number of aromatic nitrogens is 1. The summed E-state index contributed by atoms with van der Waals surface area (Å²) in [7, 11) is 0. The summed E-state index contributed by atoms with van der Waals surface area (Å²) in [6, 6.07) is 16.3. The van der Waals surface area contributed by atoms with E-state index >= 15 is 0 Å². The van der Waals surface area contributed by atoms with Gasteiger partial charge in [-0.15, -0.1) is 0 Å². The van der Waals surface area contributed by atoms with Crippen LogP contribution in [0.3, 0.4) is 0 Å². The number of aryl methyl sites for hydroxylation is 1. The molecule has 146 valence electrons. The highest BCUT2D eigenvalue weighted by Gasteiger charge is 2.17. The van der Waals surface area contributed by atoms with Crippen LogP contribution in [0.25, 0.3) is 10.2 Å². The van der Waals surface area contributed by atoms with Crippen LogP contribution in [-0.4, -0.2) is 43.2 Å². The van der Waals surface area contributed by atoms with Gasteiger partial charge in [-0.1, -0.05) is 41.7 Å². The van der Waals surface area contributed by atoms with Crippen molar-refractivity contribution in [2.75, 3.05) is 31.2 Å². The SMILES string of the molecule is C[C@H](CCc1ccccc1)NC(=O)c1ccc2nc(N3CCOCC3)sc2c1. The number of thiazole rings is 1. The van der Waals surface area contributed by atoms with E-state index in [-0.39, 0.29) is 11.9 Å². The minimum Gasteiger partial charge on any atom is -0.378 e. The standard InChI is InChI=1S/C22H25N3O2S/c1-16(7-8-17-5-3-2-4-6-17)23-21(26)18-9-10-19-20(15-18)28-22(24-19)25-11-13-27-14-12-25/h2-6,9-10,15-16H,7-8,11-14H2,1H3,(H,23,26)/t16-/m1/s1. The van der Waals surface area contributed by atoms with Crippen LogP contribution in [-0.2, 0) is 11.2 Å². The molecule has 0 unspecified atom stereocenters. The summed E-state index contributed by atoms with van der Waals surface area (Å²) in [4.78, 5) is 19.6. The van der Waals surface area contributed by atoms with Gasteiger partial charge >= 0.3 is 0 Å². The first-order valence-electron chi connectivity index (χ1n) is 9.77. The van der Waals surface area contributed by atoms with Crippen molar-refractivity contribution in [1.82, 2.24) is 10.3 Å². The van der Waals surface area contributed by atoms with Gasteiger partial charge in [0.05, 0.1) is 23.4 Å². The molecule has 4 rings (SSSR count). The number of rotatable bonds is 6. The highest BCUT2D eigenvalue weighted by atomic mass is 32.1. The van der Waals surface area contributed by atoms with E-state index in [4.69, 9.17) is 9.72 Å². The first-order chi connectivity index (χ1) is 13.7. The molecule has 3 aromatic rings. The highest BCUT2D eigenvalue weighted by molar-refractivity contribution is 7.22. The largest absolute Gasteiger partial charge is 0.378 e. The molecule has 1 fully saturated rings. The van der Waals surface area contributed by atoms with Gasteiger partial charge in [-0.3, -0.25) is 4.79 Å². The number of carbonyl (C=O) groups is 1. The number of ether oxygens (including phenoxy) is 1. The lowest BCUT2D eigenvalue weighted by Gasteiger charge is -2.25. The molecule has 1 saturated heterocycles. The maximum Gasteiger partial charge on any atom is 0.251 e. The summed E-state index contributed by atoms with van der Waals surface area (Å²) in [6.45, 7) is 5.27. The van der Waals surface area contributed by atoms with E-state index in [0.717, 1.165) is 54.5 Å². The quantitative estimate of drug-likeness (QED) is 0.688. The minimum atomic E-state index is -0.0243. The van der Waals surface area contributed by atoms with Crippen LogP contribution in [0.4, 0.5) is 5.13 Å². The van der Waals surface area contributed by atoms with E-state index in [1.54, 1.807) is 11.3 Å². The monoisotopic (exact) mass is 395 g/mol. The van der Waals surface area contributed by atoms with Gasteiger partial charge in [0.25, 0.3) is 5.91 Å². The Kier molecular flexibility index (Phi) is 5.88. The Balaban J connectivity index is 1.39. The molecule has 1 amide bonds. The summed E-state index contributed by atoms with van der Waals surface area (Å²) >= 11 is 1.64. The topological polar surface area (TPSA) is 54.5 Å². The van der Waals surface area contributed by atoms with E-state index in [0.29, 0.717) is 5.56 Å². The van der Waals surface area contributed by atoms with Crippen LogP contribution in [0, 0.1) is 0 Å². The average Bonchev–Trinajstić information content (AvgIpc) is 3.17. The van der Waals surface area contributed by atoms with Crippen molar-refractivity contribution in [3.05, 3.63) is 59.7 Å². The third kappa shape index (κ3) is 4.51. The fraction of sp³-hybridized carbons (Fsp3) is 0.364. The summed E-state index contributed by atoms with van der Waals surface area (Å²) in [6.07, 6.45) is 1.87. The van der Waals surface area contributed by atoms with Crippen molar-refractivity contribution >= 4 is 32.6 Å². The molecule has 2 heterocycles. The molecular formula is C22H25N3O2S. The van der Waals surface area contributed by atoms with Crippen molar-refractivity contribution < 1.29 is 9.53 Å². The Labute approximate surface area is 169 Å². The van der Waals surface area contributed by atoms with Gasteiger partial charge in [-0.05, 0) is 43.5 Å². The molecule has 0 aliphatic carbocycles. The maximum absolute atomic E-state index is 12.7. The van der Waals surface area contributed by atoms with Gasteiger partial charge in [-0.2, -0.15) is 0 Å². The van der Waals surface area contributed by atoms with Gasteiger partial charge in [0.1, 0.15) is 0 Å². The number of hydrogen-bond donors (Lipinski definition) is 1. The lowest BCUT2D eigenvalue weighted by Crippen LogP contribution is -2.36. The van der Waals surface area contributed by atoms with Gasteiger partial charge in [-0.25, -0.2) is 4.98 Å². The van der Waals surface area contributed by atoms with Crippen LogP contribution in [0.15, 0.2) is 48.5 Å². The van der Waals surface area contributed by atoms with E-state index in [2.05, 4.69) is 29.3 Å². The molecule has 28 heavy (non-hydrogen) atoms. The summed E-state index contributed by atoms with van der Waals surface area (Å²) < 4.78 is 6.46. The lowest BCUT2D eigenvalue weighted by molar-refractivity contribution is 0.0938. The van der Waals surface area contributed by atoms with Crippen molar-refractivity contribution in [3.63, 3.8) is 0 Å². The zero-order valence-electron chi connectivity index (χ0n) is 16.1. The molecule has 1 aliphatic heterocycles. The number of amides is 1. The van der Waals surface area contributed by atoms with E-state index in [1.165, 1.54) is 5.56 Å². The number of anilines is 1. The molecule has 1 aromatic heterocycles. The predicted octanol–water partition coefficient (Wildman–Crippen LogP) is 3.88. The van der Waals surface area contributed by atoms with Crippen LogP contribution in [0.5, 0.6) is 0 Å². The summed E-state index contributed by atoms with van der Waals surface area (Å²) in [5.74, 6) is -0.0243. The zero-order valence-corrected chi connectivity index (χ0v) is 16.9. The average molecular weight is 396 g/mol. The molecule has 1 N–H and O–H groups in total. The molecule has 0 radical (unpaired) electrons. The molecule has 0 spiro atoms. The predicted molar refractivity (Wildman–Crippen MR) is 114 cm³/mol. The lowest BCUT2D eigenvalue weighted by atomic mass is 10.1. The maximum atomic E-state index is 12.7. The third-order valence-corrected chi connectivity index (χ3v) is 6.09. The van der Waals surface area contributed by atoms with Crippen LogP contribution >= 0.6 is 11.3 Å². The second-order valence-corrected chi connectivity index (χ2v) is 8.19. The normalized spacial score (nSPS) is 15.5. The Morgan fingerprint density at radius 1 is 1.21 bits per heavy atom. The Morgan fingerprint density at radius 2 is 2.00 bits per heavy atom. The molecular weight excluding hydrogens is 370 g/mol. The van der Waals surface area contributed by atoms with E-state index < -0.39 is 0 Å². The molecule has 1 aliphatic rings. The number of carbonyl (C=O) groups excluding carboxylic acids is 1. The van der Waals surface area contributed by atoms with E-state index in [1.807, 2.05) is 36.4 Å². The summed E-state index contributed by atoms with van der Waals surface area (Å²) in [5.41, 5.74) is 2.93. The first kappa shape index (κ1) is 18.9. The number of morpholine rings is 1. The molecule has 2 aromatic carbocycles. The van der Waals surface area contributed by atoms with Crippen molar-refractivity contribution in [2.45, 2.75) is 25.8 Å². The van der Waals surface area contributed by atoms with E-state index in [9.17, 15) is 4.79 Å². The van der Waals surface area contributed by atoms with Crippen LogP contribution in [0.1, 0.15) is 29.3 Å². The van der Waals surface area contributed by atoms with Gasteiger partial charge in [0.15, 0.2) is 5.13 Å². The first-order valence-corrected chi connectivity index (χ1v) is 10.6. The number of nitrogens with zero attached hydrogens (tertiary/aromatic N) is 2. The number of fused-ring (bicyclic) bond motifs is 1. The second-order valence-electron chi connectivity index (χ2n) is 7.18. The zero-order chi connectivity index (χ0) is 19.3. The molecule has 0 bridgehead atoms. The van der Waals surface area contributed by atoms with Gasteiger partial charge in [0.2, 0.25) is 0 Å². The Bertz CT molecular complexity index is 935. The minimum absolute atomic E-state index is 0.0243. The molecule has 6 heteroatoms. The third-order valence-electron chi connectivity index (χ3n) is 5.01. The Hall–Kier alpha value is -2.44. The smallest absolute Gasteiger partial charge is 0.251 e.